The second-order valence-electron chi connectivity index (χ2n) is 8.63. The zero-order valence-corrected chi connectivity index (χ0v) is 21.9. The van der Waals surface area contributed by atoms with E-state index in [2.05, 4.69) is 94.6 Å². The minimum Gasteiger partial charge on any atom is -0.255 e. The van der Waals surface area contributed by atoms with Gasteiger partial charge in [-0.1, -0.05) is 60.4 Å². The Balaban J connectivity index is 1.25. The molecule has 4 heterocycles. The number of hydrogen-bond donors (Lipinski definition) is 0. The molecule has 0 spiro atoms. The molecule has 38 heavy (non-hydrogen) atoms. The average molecular weight is 521 g/mol. The van der Waals surface area contributed by atoms with Gasteiger partial charge in [0.15, 0.2) is 0 Å². The highest BCUT2D eigenvalue weighted by atomic mass is 32.1. The third-order valence-corrected chi connectivity index (χ3v) is 8.42. The quantitative estimate of drug-likeness (QED) is 0.212. The summed E-state index contributed by atoms with van der Waals surface area (Å²) in [5.74, 6) is 5.41. The predicted molar refractivity (Wildman–Crippen MR) is 161 cm³/mol. The summed E-state index contributed by atoms with van der Waals surface area (Å²) in [5.41, 5.74) is 8.42. The lowest BCUT2D eigenvalue weighted by Crippen LogP contribution is -1.90. The standard InChI is InChI=1S/C34H20N2S2/c1-3-29-13-15-33(37-29)25-9-5-23(6-10-25)27-17-19-35-31(21-27)32-22-28(18-20-36-32)24-7-11-26(12-8-24)34-16-14-30(4-2)38-34/h1-2,5-22H. The highest BCUT2D eigenvalue weighted by Crippen LogP contribution is 2.33. The van der Waals surface area contributed by atoms with E-state index in [1.165, 1.54) is 9.75 Å². The van der Waals surface area contributed by atoms with Crippen LogP contribution in [0.25, 0.3) is 54.5 Å². The number of thiophene rings is 2. The maximum absolute atomic E-state index is 5.52. The van der Waals surface area contributed by atoms with Gasteiger partial charge in [-0.2, -0.15) is 0 Å². The Hall–Kier alpha value is -4.74. The summed E-state index contributed by atoms with van der Waals surface area (Å²) < 4.78 is 0. The number of rotatable bonds is 5. The minimum atomic E-state index is 0.836. The molecule has 0 saturated heterocycles. The van der Waals surface area contributed by atoms with E-state index < -0.39 is 0 Å². The van der Waals surface area contributed by atoms with Crippen LogP contribution in [0.15, 0.2) is 109 Å². The van der Waals surface area contributed by atoms with Crippen LogP contribution in [0, 0.1) is 24.7 Å². The first-order valence-electron chi connectivity index (χ1n) is 12.0. The van der Waals surface area contributed by atoms with Gasteiger partial charge in [-0.05, 0) is 81.9 Å². The molecule has 4 heteroatoms. The Kier molecular flexibility index (Phi) is 6.42. The van der Waals surface area contributed by atoms with E-state index >= 15 is 0 Å². The molecule has 0 aliphatic carbocycles. The summed E-state index contributed by atoms with van der Waals surface area (Å²) in [6.07, 6.45) is 14.7. The summed E-state index contributed by atoms with van der Waals surface area (Å²) in [5, 5.41) is 0. The van der Waals surface area contributed by atoms with Crippen molar-refractivity contribution in [3.8, 4) is 79.2 Å². The Morgan fingerprint density at radius 1 is 0.447 bits per heavy atom. The van der Waals surface area contributed by atoms with Crippen LogP contribution >= 0.6 is 22.7 Å². The maximum Gasteiger partial charge on any atom is 0.0892 e. The number of hydrogen-bond acceptors (Lipinski definition) is 4. The lowest BCUT2D eigenvalue weighted by atomic mass is 10.0. The molecule has 0 atom stereocenters. The molecule has 0 amide bonds. The summed E-state index contributed by atoms with van der Waals surface area (Å²) in [4.78, 5) is 13.4. The number of terminal acetylenes is 2. The van der Waals surface area contributed by atoms with Crippen LogP contribution in [0.5, 0.6) is 0 Å². The Labute approximate surface area is 230 Å². The Morgan fingerprint density at radius 3 is 1.21 bits per heavy atom. The molecule has 0 fully saturated rings. The summed E-state index contributed by atoms with van der Waals surface area (Å²) in [6.45, 7) is 0. The van der Waals surface area contributed by atoms with E-state index in [1.807, 2.05) is 36.7 Å². The fourth-order valence-corrected chi connectivity index (χ4v) is 5.94. The molecule has 0 aliphatic heterocycles. The third-order valence-electron chi connectivity index (χ3n) is 6.28. The number of aromatic nitrogens is 2. The molecule has 178 valence electrons. The predicted octanol–water partition coefficient (Wildman–Crippen LogP) is 8.90. The molecule has 4 aromatic heterocycles. The van der Waals surface area contributed by atoms with Crippen molar-refractivity contribution in [2.24, 2.45) is 0 Å². The van der Waals surface area contributed by atoms with Crippen molar-refractivity contribution in [3.05, 3.63) is 119 Å². The lowest BCUT2D eigenvalue weighted by Gasteiger charge is -2.08. The Bertz CT molecular complexity index is 1690. The van der Waals surface area contributed by atoms with E-state index in [1.54, 1.807) is 22.7 Å². The van der Waals surface area contributed by atoms with Gasteiger partial charge in [-0.15, -0.1) is 35.5 Å². The zero-order chi connectivity index (χ0) is 25.9. The van der Waals surface area contributed by atoms with Gasteiger partial charge in [0.1, 0.15) is 0 Å². The van der Waals surface area contributed by atoms with Crippen LogP contribution in [0.1, 0.15) is 9.75 Å². The molecule has 0 aliphatic rings. The second-order valence-corrected chi connectivity index (χ2v) is 10.8. The molecule has 0 saturated carbocycles. The maximum atomic E-state index is 5.52. The van der Waals surface area contributed by atoms with Gasteiger partial charge in [0, 0.05) is 22.1 Å². The van der Waals surface area contributed by atoms with Crippen molar-refractivity contribution in [3.63, 3.8) is 0 Å². The molecule has 2 nitrogen and oxygen atoms in total. The monoisotopic (exact) mass is 520 g/mol. The minimum absolute atomic E-state index is 0.836. The van der Waals surface area contributed by atoms with Crippen molar-refractivity contribution in [2.75, 3.05) is 0 Å². The van der Waals surface area contributed by atoms with E-state index in [-0.39, 0.29) is 0 Å². The molecule has 0 radical (unpaired) electrons. The van der Waals surface area contributed by atoms with Gasteiger partial charge < -0.3 is 0 Å². The van der Waals surface area contributed by atoms with Crippen LogP contribution in [-0.4, -0.2) is 9.97 Å². The fourth-order valence-electron chi connectivity index (χ4n) is 4.30. The SMILES string of the molecule is C#Cc1ccc(-c2ccc(-c3ccnc(-c4cc(-c5ccc(-c6ccc(C#C)s6)cc5)ccn4)c3)cc2)s1. The summed E-state index contributed by atoms with van der Waals surface area (Å²) >= 11 is 3.25. The van der Waals surface area contributed by atoms with Crippen LogP contribution in [0.3, 0.4) is 0 Å². The van der Waals surface area contributed by atoms with Crippen molar-refractivity contribution in [2.45, 2.75) is 0 Å². The van der Waals surface area contributed by atoms with Crippen LogP contribution in [-0.2, 0) is 0 Å². The molecular weight excluding hydrogens is 501 g/mol. The van der Waals surface area contributed by atoms with Crippen molar-refractivity contribution in [1.82, 2.24) is 9.97 Å². The van der Waals surface area contributed by atoms with Gasteiger partial charge in [0.25, 0.3) is 0 Å². The van der Waals surface area contributed by atoms with E-state index in [4.69, 9.17) is 12.8 Å². The highest BCUT2D eigenvalue weighted by molar-refractivity contribution is 7.16. The van der Waals surface area contributed by atoms with Gasteiger partial charge in [-0.25, -0.2) is 0 Å². The molecular formula is C34H20N2S2. The summed E-state index contributed by atoms with van der Waals surface area (Å²) in [7, 11) is 0. The second kappa shape index (κ2) is 10.3. The van der Waals surface area contributed by atoms with Crippen LogP contribution in [0.2, 0.25) is 0 Å². The smallest absolute Gasteiger partial charge is 0.0892 e. The first kappa shape index (κ1) is 23.6. The molecule has 6 rings (SSSR count). The summed E-state index contributed by atoms with van der Waals surface area (Å²) in [6, 6.07) is 33.4. The van der Waals surface area contributed by atoms with Crippen molar-refractivity contribution >= 4 is 22.7 Å². The van der Waals surface area contributed by atoms with E-state index in [9.17, 15) is 0 Å². The average Bonchev–Trinajstić information content (AvgIpc) is 3.68. The first-order valence-corrected chi connectivity index (χ1v) is 13.6. The number of pyridine rings is 2. The zero-order valence-electron chi connectivity index (χ0n) is 20.3. The van der Waals surface area contributed by atoms with Crippen LogP contribution in [0.4, 0.5) is 0 Å². The van der Waals surface area contributed by atoms with Gasteiger partial charge in [-0.3, -0.25) is 9.97 Å². The molecule has 2 aromatic carbocycles. The number of nitrogens with zero attached hydrogens (tertiary/aromatic N) is 2. The van der Waals surface area contributed by atoms with Gasteiger partial charge in [0.2, 0.25) is 0 Å². The molecule has 0 N–H and O–H groups in total. The van der Waals surface area contributed by atoms with Gasteiger partial charge >= 0.3 is 0 Å². The third kappa shape index (κ3) is 4.80. The van der Waals surface area contributed by atoms with Crippen molar-refractivity contribution in [1.29, 1.82) is 0 Å². The Morgan fingerprint density at radius 2 is 0.842 bits per heavy atom. The first-order chi connectivity index (χ1) is 18.7. The van der Waals surface area contributed by atoms with E-state index in [0.717, 1.165) is 54.5 Å². The lowest BCUT2D eigenvalue weighted by molar-refractivity contribution is 1.25. The molecule has 0 bridgehead atoms. The molecule has 6 aromatic rings. The van der Waals surface area contributed by atoms with Gasteiger partial charge in [0.05, 0.1) is 21.1 Å². The largest absolute Gasteiger partial charge is 0.255 e. The molecule has 0 unspecified atom stereocenters. The normalized spacial score (nSPS) is 10.6. The topological polar surface area (TPSA) is 25.8 Å². The fraction of sp³-hybridized carbons (Fsp3) is 0. The number of benzene rings is 2. The highest BCUT2D eigenvalue weighted by Gasteiger charge is 2.09. The van der Waals surface area contributed by atoms with Crippen molar-refractivity contribution < 1.29 is 0 Å². The van der Waals surface area contributed by atoms with E-state index in [0.29, 0.717) is 0 Å². The van der Waals surface area contributed by atoms with Crippen LogP contribution < -0.4 is 0 Å².